The molecule has 0 bridgehead atoms. The van der Waals surface area contributed by atoms with Crippen molar-refractivity contribution in [3.8, 4) is 0 Å². The number of hydrogen-bond donors (Lipinski definition) is 1. The molecule has 0 aromatic heterocycles. The van der Waals surface area contributed by atoms with Crippen LogP contribution in [0.2, 0.25) is 10.0 Å². The lowest BCUT2D eigenvalue weighted by molar-refractivity contribution is -0.125. The van der Waals surface area contributed by atoms with Gasteiger partial charge in [0.15, 0.2) is 0 Å². The van der Waals surface area contributed by atoms with E-state index in [9.17, 15) is 13.2 Å². The largest absolute Gasteiger partial charge is 0.355 e. The Morgan fingerprint density at radius 1 is 1.10 bits per heavy atom. The standard InChI is InChI=1S/C21H30Cl2N2O3S2/c22-19-9-8-16(13-20(19)23)15-30(27,28)25-11-4-5-17(14-25)21(26)24-10-12-29-18-6-2-1-3-7-18/h8-9,13,17-18H,1-7,10-12,14-15H2,(H,24,26)/t17-/m1/s1. The van der Waals surface area contributed by atoms with Gasteiger partial charge in [-0.2, -0.15) is 11.8 Å². The van der Waals surface area contributed by atoms with E-state index >= 15 is 0 Å². The zero-order valence-electron chi connectivity index (χ0n) is 17.1. The smallest absolute Gasteiger partial charge is 0.224 e. The summed E-state index contributed by atoms with van der Waals surface area (Å²) in [7, 11) is -3.52. The summed E-state index contributed by atoms with van der Waals surface area (Å²) in [5.74, 6) is 0.453. The lowest BCUT2D eigenvalue weighted by Gasteiger charge is -2.31. The molecule has 1 saturated carbocycles. The van der Waals surface area contributed by atoms with Gasteiger partial charge in [-0.05, 0) is 43.4 Å². The minimum Gasteiger partial charge on any atom is -0.355 e. The SMILES string of the molecule is O=C(NCCSC1CCCCC1)[C@@H]1CCCN(S(=O)(=O)Cc2ccc(Cl)c(Cl)c2)C1. The summed E-state index contributed by atoms with van der Waals surface area (Å²) in [6.45, 7) is 1.34. The van der Waals surface area contributed by atoms with E-state index < -0.39 is 10.0 Å². The Labute approximate surface area is 194 Å². The molecule has 3 rings (SSSR count). The lowest BCUT2D eigenvalue weighted by Crippen LogP contribution is -2.46. The van der Waals surface area contributed by atoms with Crippen molar-refractivity contribution < 1.29 is 13.2 Å². The molecule has 0 unspecified atom stereocenters. The first-order chi connectivity index (χ1) is 14.3. The molecule has 1 aliphatic heterocycles. The van der Waals surface area contributed by atoms with Gasteiger partial charge in [-0.15, -0.1) is 0 Å². The zero-order valence-corrected chi connectivity index (χ0v) is 20.3. The number of benzene rings is 1. The van der Waals surface area contributed by atoms with Crippen LogP contribution in [0.15, 0.2) is 18.2 Å². The monoisotopic (exact) mass is 492 g/mol. The Morgan fingerprint density at radius 3 is 2.60 bits per heavy atom. The second-order valence-electron chi connectivity index (χ2n) is 8.12. The fourth-order valence-electron chi connectivity index (χ4n) is 4.12. The van der Waals surface area contributed by atoms with E-state index in [1.807, 2.05) is 11.8 Å². The molecule has 5 nitrogen and oxygen atoms in total. The van der Waals surface area contributed by atoms with Gasteiger partial charge in [-0.25, -0.2) is 12.7 Å². The van der Waals surface area contributed by atoms with E-state index in [1.54, 1.807) is 18.2 Å². The summed E-state index contributed by atoms with van der Waals surface area (Å²) in [6, 6.07) is 4.86. The molecule has 2 aliphatic rings. The fraction of sp³-hybridized carbons (Fsp3) is 0.667. The maximum absolute atomic E-state index is 12.9. The van der Waals surface area contributed by atoms with Crippen LogP contribution in [0, 0.1) is 5.92 Å². The Kier molecular flexibility index (Phi) is 9.20. The molecule has 1 N–H and O–H groups in total. The van der Waals surface area contributed by atoms with Crippen molar-refractivity contribution in [2.24, 2.45) is 5.92 Å². The average Bonchev–Trinajstić information content (AvgIpc) is 2.74. The molecular formula is C21H30Cl2N2O3S2. The van der Waals surface area contributed by atoms with Crippen LogP contribution in [-0.4, -0.2) is 49.3 Å². The van der Waals surface area contributed by atoms with Crippen molar-refractivity contribution in [1.29, 1.82) is 0 Å². The molecule has 1 amide bonds. The number of carbonyl (C=O) groups excluding carboxylic acids is 1. The van der Waals surface area contributed by atoms with Crippen molar-refractivity contribution in [1.82, 2.24) is 9.62 Å². The van der Waals surface area contributed by atoms with E-state index in [1.165, 1.54) is 36.4 Å². The summed E-state index contributed by atoms with van der Waals surface area (Å²) in [5, 5.41) is 4.48. The Balaban J connectivity index is 1.47. The number of nitrogens with one attached hydrogen (secondary N) is 1. The number of carbonyl (C=O) groups is 1. The van der Waals surface area contributed by atoms with Crippen LogP contribution in [0.25, 0.3) is 0 Å². The molecule has 1 aromatic carbocycles. The third-order valence-electron chi connectivity index (χ3n) is 5.79. The third kappa shape index (κ3) is 7.02. The van der Waals surface area contributed by atoms with Crippen molar-refractivity contribution in [3.63, 3.8) is 0 Å². The van der Waals surface area contributed by atoms with Crippen molar-refractivity contribution >= 4 is 50.9 Å². The van der Waals surface area contributed by atoms with Gasteiger partial charge >= 0.3 is 0 Å². The predicted octanol–water partition coefficient (Wildman–Crippen LogP) is 4.72. The molecule has 1 saturated heterocycles. The van der Waals surface area contributed by atoms with Crippen LogP contribution >= 0.6 is 35.0 Å². The van der Waals surface area contributed by atoms with Crippen molar-refractivity contribution in [3.05, 3.63) is 33.8 Å². The highest BCUT2D eigenvalue weighted by Crippen LogP contribution is 2.28. The van der Waals surface area contributed by atoms with E-state index in [-0.39, 0.29) is 24.1 Å². The molecule has 1 heterocycles. The van der Waals surface area contributed by atoms with Gasteiger partial charge in [-0.1, -0.05) is 48.5 Å². The lowest BCUT2D eigenvalue weighted by atomic mass is 9.99. The van der Waals surface area contributed by atoms with Crippen molar-refractivity contribution in [2.75, 3.05) is 25.4 Å². The average molecular weight is 494 g/mol. The Bertz CT molecular complexity index is 830. The predicted molar refractivity (Wildman–Crippen MR) is 126 cm³/mol. The number of thioether (sulfide) groups is 1. The van der Waals surface area contributed by atoms with Crippen LogP contribution < -0.4 is 5.32 Å². The minimum absolute atomic E-state index is 0.0336. The summed E-state index contributed by atoms with van der Waals surface area (Å²) in [6.07, 6.45) is 7.97. The van der Waals surface area contributed by atoms with Gasteiger partial charge in [0.2, 0.25) is 15.9 Å². The number of piperidine rings is 1. The quantitative estimate of drug-likeness (QED) is 0.533. The molecule has 2 fully saturated rings. The summed E-state index contributed by atoms with van der Waals surface area (Å²) in [4.78, 5) is 12.6. The number of rotatable bonds is 8. The van der Waals surface area contributed by atoms with E-state index in [0.29, 0.717) is 35.1 Å². The van der Waals surface area contributed by atoms with Gasteiger partial charge in [0.25, 0.3) is 0 Å². The maximum atomic E-state index is 12.9. The highest BCUT2D eigenvalue weighted by atomic mass is 35.5. The number of hydrogen-bond acceptors (Lipinski definition) is 4. The van der Waals surface area contributed by atoms with Crippen LogP contribution in [0.4, 0.5) is 0 Å². The number of sulfonamides is 1. The molecule has 0 spiro atoms. The highest BCUT2D eigenvalue weighted by molar-refractivity contribution is 7.99. The van der Waals surface area contributed by atoms with E-state index in [0.717, 1.165) is 17.4 Å². The molecule has 168 valence electrons. The molecule has 1 aromatic rings. The van der Waals surface area contributed by atoms with Crippen LogP contribution in [-0.2, 0) is 20.6 Å². The van der Waals surface area contributed by atoms with Gasteiger partial charge in [-0.3, -0.25) is 4.79 Å². The highest BCUT2D eigenvalue weighted by Gasteiger charge is 2.32. The molecule has 0 radical (unpaired) electrons. The fourth-order valence-corrected chi connectivity index (χ4v) is 7.25. The molecule has 1 aliphatic carbocycles. The van der Waals surface area contributed by atoms with E-state index in [2.05, 4.69) is 5.32 Å². The first-order valence-electron chi connectivity index (χ1n) is 10.7. The van der Waals surface area contributed by atoms with Crippen LogP contribution in [0.1, 0.15) is 50.5 Å². The maximum Gasteiger partial charge on any atom is 0.224 e. The Hall–Kier alpha value is -0.470. The summed E-state index contributed by atoms with van der Waals surface area (Å²) < 4.78 is 27.2. The van der Waals surface area contributed by atoms with Crippen LogP contribution in [0.5, 0.6) is 0 Å². The normalized spacial score (nSPS) is 21.5. The topological polar surface area (TPSA) is 66.5 Å². The van der Waals surface area contributed by atoms with E-state index in [4.69, 9.17) is 23.2 Å². The third-order valence-corrected chi connectivity index (χ3v) is 9.73. The van der Waals surface area contributed by atoms with Crippen LogP contribution in [0.3, 0.4) is 0 Å². The summed E-state index contributed by atoms with van der Waals surface area (Å²) in [5.41, 5.74) is 0.593. The molecule has 1 atom stereocenters. The molecule has 30 heavy (non-hydrogen) atoms. The number of halogens is 2. The van der Waals surface area contributed by atoms with Gasteiger partial charge in [0, 0.05) is 30.6 Å². The van der Waals surface area contributed by atoms with Gasteiger partial charge in [0.05, 0.1) is 21.7 Å². The second-order valence-corrected chi connectivity index (χ2v) is 12.3. The first-order valence-corrected chi connectivity index (χ1v) is 14.1. The van der Waals surface area contributed by atoms with Gasteiger partial charge < -0.3 is 5.32 Å². The second kappa shape index (κ2) is 11.4. The zero-order chi connectivity index (χ0) is 21.6. The minimum atomic E-state index is -3.52. The molecular weight excluding hydrogens is 463 g/mol. The molecule has 9 heteroatoms. The number of amides is 1. The first kappa shape index (κ1) is 24.2. The van der Waals surface area contributed by atoms with Gasteiger partial charge in [0.1, 0.15) is 0 Å². The number of nitrogens with zero attached hydrogens (tertiary/aromatic N) is 1. The Morgan fingerprint density at radius 2 is 1.87 bits per heavy atom. The van der Waals surface area contributed by atoms with Crippen molar-refractivity contribution in [2.45, 2.75) is 55.9 Å². The summed E-state index contributed by atoms with van der Waals surface area (Å²) >= 11 is 13.9.